The highest BCUT2D eigenvalue weighted by molar-refractivity contribution is 5.26. The van der Waals surface area contributed by atoms with Crippen LogP contribution in [0.5, 0.6) is 0 Å². The molecule has 3 fully saturated rings. The van der Waals surface area contributed by atoms with E-state index in [0.717, 1.165) is 12.8 Å². The van der Waals surface area contributed by atoms with Gasteiger partial charge in [0.1, 0.15) is 0 Å². The summed E-state index contributed by atoms with van der Waals surface area (Å²) in [6, 6.07) is 0. The number of hydrogen-bond donors (Lipinski definition) is 3. The predicted octanol–water partition coefficient (Wildman–Crippen LogP) is 5.70. The SMILES string of the molecule is CCC(O)(/C=C/[C@@H](C)C1CC[C@H]2/C(=C/C=C3C[C@@H](O)C[C@H](O)C3)CCC[C@]12C)CC. The normalized spacial score (nSPS) is 37.6. The van der Waals surface area contributed by atoms with Crippen LogP contribution >= 0.6 is 0 Å². The third kappa shape index (κ3) is 5.11. The maximum Gasteiger partial charge on any atom is 0.0822 e. The largest absolute Gasteiger partial charge is 0.393 e. The maximum atomic E-state index is 10.7. The van der Waals surface area contributed by atoms with E-state index in [-0.39, 0.29) is 0 Å². The number of allylic oxidation sites excluding steroid dienone is 4. The molecule has 0 radical (unpaired) electrons. The van der Waals surface area contributed by atoms with Gasteiger partial charge in [0.05, 0.1) is 17.8 Å². The molecule has 6 atom stereocenters. The summed E-state index contributed by atoms with van der Waals surface area (Å²) in [7, 11) is 0. The van der Waals surface area contributed by atoms with E-state index in [0.29, 0.717) is 42.4 Å². The van der Waals surface area contributed by atoms with Crippen molar-refractivity contribution in [2.24, 2.45) is 23.2 Å². The fraction of sp³-hybridized carbons (Fsp3) is 0.778. The molecule has 0 amide bonds. The minimum Gasteiger partial charge on any atom is -0.393 e. The molecule has 0 aromatic carbocycles. The standard InChI is InChI=1S/C27H44O3/c1-5-27(30,6-2)15-13-19(3)24-11-12-25-21(8-7-14-26(24,25)4)10-9-20-16-22(28)18-23(29)17-20/h9-10,13,15,19,22-25,28-30H,5-8,11-12,14,16-18H2,1-4H3/b15-13+,21-10+/t19-,22-,23-,24?,25+,26-/m1/s1. The molecule has 0 aromatic rings. The van der Waals surface area contributed by atoms with E-state index in [1.807, 2.05) is 0 Å². The highest BCUT2D eigenvalue weighted by Gasteiger charge is 2.50. The van der Waals surface area contributed by atoms with Crippen LogP contribution in [-0.4, -0.2) is 33.1 Å². The van der Waals surface area contributed by atoms with Gasteiger partial charge in [0, 0.05) is 0 Å². The molecule has 3 rings (SSSR count). The number of hydrogen-bond acceptors (Lipinski definition) is 3. The first kappa shape index (κ1) is 23.8. The van der Waals surface area contributed by atoms with Gasteiger partial charge in [0.15, 0.2) is 0 Å². The molecule has 3 heteroatoms. The Labute approximate surface area is 184 Å². The number of rotatable bonds is 6. The molecule has 3 aliphatic rings. The molecule has 0 saturated heterocycles. The van der Waals surface area contributed by atoms with E-state index in [9.17, 15) is 15.3 Å². The molecule has 170 valence electrons. The summed E-state index contributed by atoms with van der Waals surface area (Å²) in [5.74, 6) is 1.77. The lowest BCUT2D eigenvalue weighted by Crippen LogP contribution is -2.35. The zero-order valence-electron chi connectivity index (χ0n) is 19.6. The van der Waals surface area contributed by atoms with E-state index in [1.165, 1.54) is 37.7 Å². The van der Waals surface area contributed by atoms with Gasteiger partial charge in [-0.1, -0.05) is 63.1 Å². The molecule has 3 saturated carbocycles. The lowest BCUT2D eigenvalue weighted by atomic mass is 9.61. The number of aliphatic hydroxyl groups excluding tert-OH is 2. The summed E-state index contributed by atoms with van der Waals surface area (Å²) in [5, 5.41) is 30.6. The molecule has 3 nitrogen and oxygen atoms in total. The van der Waals surface area contributed by atoms with Crippen LogP contribution in [0.2, 0.25) is 0 Å². The van der Waals surface area contributed by atoms with Crippen LogP contribution in [0.15, 0.2) is 35.5 Å². The molecule has 0 spiro atoms. The summed E-state index contributed by atoms with van der Waals surface area (Å²) in [6.07, 6.45) is 17.8. The number of fused-ring (bicyclic) bond motifs is 1. The van der Waals surface area contributed by atoms with Gasteiger partial charge in [0.2, 0.25) is 0 Å². The monoisotopic (exact) mass is 416 g/mol. The molecule has 0 heterocycles. The van der Waals surface area contributed by atoms with Gasteiger partial charge < -0.3 is 15.3 Å². The van der Waals surface area contributed by atoms with Gasteiger partial charge in [-0.05, 0) is 87.4 Å². The minimum absolute atomic E-state index is 0.328. The van der Waals surface area contributed by atoms with Crippen LogP contribution in [0.1, 0.15) is 91.9 Å². The summed E-state index contributed by atoms with van der Waals surface area (Å²) < 4.78 is 0. The molecule has 0 aromatic heterocycles. The summed E-state index contributed by atoms with van der Waals surface area (Å²) in [5.41, 5.74) is 2.43. The fourth-order valence-corrected chi connectivity index (χ4v) is 6.62. The highest BCUT2D eigenvalue weighted by Crippen LogP contribution is 2.59. The zero-order valence-corrected chi connectivity index (χ0v) is 19.6. The molecule has 1 unspecified atom stereocenters. The lowest BCUT2D eigenvalue weighted by Gasteiger charge is -2.44. The average molecular weight is 417 g/mol. The molecule has 30 heavy (non-hydrogen) atoms. The molecular weight excluding hydrogens is 372 g/mol. The Morgan fingerprint density at radius 1 is 1.10 bits per heavy atom. The Kier molecular flexibility index (Phi) is 7.69. The summed E-state index contributed by atoms with van der Waals surface area (Å²) >= 11 is 0. The van der Waals surface area contributed by atoms with Gasteiger partial charge in [-0.2, -0.15) is 0 Å². The van der Waals surface area contributed by atoms with Crippen LogP contribution in [0.3, 0.4) is 0 Å². The smallest absolute Gasteiger partial charge is 0.0822 e. The van der Waals surface area contributed by atoms with E-state index < -0.39 is 17.8 Å². The first-order chi connectivity index (χ1) is 14.2. The fourth-order valence-electron chi connectivity index (χ4n) is 6.62. The topological polar surface area (TPSA) is 60.7 Å². The van der Waals surface area contributed by atoms with Crippen LogP contribution in [-0.2, 0) is 0 Å². The van der Waals surface area contributed by atoms with Gasteiger partial charge in [-0.3, -0.25) is 0 Å². The van der Waals surface area contributed by atoms with Crippen molar-refractivity contribution in [3.8, 4) is 0 Å². The first-order valence-corrected chi connectivity index (χ1v) is 12.4. The van der Waals surface area contributed by atoms with Crippen molar-refractivity contribution in [2.45, 2.75) is 110 Å². The second-order valence-corrected chi connectivity index (χ2v) is 10.6. The predicted molar refractivity (Wildman–Crippen MR) is 124 cm³/mol. The van der Waals surface area contributed by atoms with Crippen molar-refractivity contribution in [1.29, 1.82) is 0 Å². The van der Waals surface area contributed by atoms with Crippen molar-refractivity contribution in [1.82, 2.24) is 0 Å². The van der Waals surface area contributed by atoms with Crippen LogP contribution < -0.4 is 0 Å². The van der Waals surface area contributed by atoms with E-state index in [4.69, 9.17) is 0 Å². The Morgan fingerprint density at radius 3 is 2.40 bits per heavy atom. The lowest BCUT2D eigenvalue weighted by molar-refractivity contribution is 0.0609. The van der Waals surface area contributed by atoms with Gasteiger partial charge in [-0.25, -0.2) is 0 Å². The van der Waals surface area contributed by atoms with Crippen LogP contribution in [0.25, 0.3) is 0 Å². The van der Waals surface area contributed by atoms with Crippen molar-refractivity contribution >= 4 is 0 Å². The first-order valence-electron chi connectivity index (χ1n) is 12.4. The number of aliphatic hydroxyl groups is 3. The van der Waals surface area contributed by atoms with Gasteiger partial charge in [-0.15, -0.1) is 0 Å². The molecule has 3 N–H and O–H groups in total. The molecule has 0 aliphatic heterocycles. The summed E-state index contributed by atoms with van der Waals surface area (Å²) in [4.78, 5) is 0. The van der Waals surface area contributed by atoms with Crippen LogP contribution in [0.4, 0.5) is 0 Å². The molecule has 0 bridgehead atoms. The van der Waals surface area contributed by atoms with Crippen molar-refractivity contribution in [3.05, 3.63) is 35.5 Å². The summed E-state index contributed by atoms with van der Waals surface area (Å²) in [6.45, 7) is 8.95. The second kappa shape index (κ2) is 9.71. The quantitative estimate of drug-likeness (QED) is 0.486. The van der Waals surface area contributed by atoms with Crippen molar-refractivity contribution < 1.29 is 15.3 Å². The Bertz CT molecular complexity index is 660. The van der Waals surface area contributed by atoms with E-state index in [2.05, 4.69) is 52.0 Å². The molecule has 3 aliphatic carbocycles. The minimum atomic E-state index is -0.661. The van der Waals surface area contributed by atoms with Gasteiger partial charge >= 0.3 is 0 Å². The third-order valence-electron chi connectivity index (χ3n) is 8.68. The average Bonchev–Trinajstić information content (AvgIpc) is 3.07. The van der Waals surface area contributed by atoms with Crippen LogP contribution in [0, 0.1) is 23.2 Å². The van der Waals surface area contributed by atoms with Crippen molar-refractivity contribution in [2.75, 3.05) is 0 Å². The second-order valence-electron chi connectivity index (χ2n) is 10.6. The Balaban J connectivity index is 1.74. The Hall–Kier alpha value is -0.900. The van der Waals surface area contributed by atoms with E-state index >= 15 is 0 Å². The molecular formula is C27H44O3. The Morgan fingerprint density at radius 2 is 1.77 bits per heavy atom. The van der Waals surface area contributed by atoms with E-state index in [1.54, 1.807) is 5.57 Å². The maximum absolute atomic E-state index is 10.7. The third-order valence-corrected chi connectivity index (χ3v) is 8.68. The van der Waals surface area contributed by atoms with Crippen molar-refractivity contribution in [3.63, 3.8) is 0 Å². The van der Waals surface area contributed by atoms with Gasteiger partial charge in [0.25, 0.3) is 0 Å². The highest BCUT2D eigenvalue weighted by atomic mass is 16.3. The zero-order chi connectivity index (χ0) is 21.9.